The van der Waals surface area contributed by atoms with Gasteiger partial charge in [0.15, 0.2) is 0 Å². The van der Waals surface area contributed by atoms with E-state index in [1.165, 1.54) is 0 Å². The maximum absolute atomic E-state index is 12.2. The highest BCUT2D eigenvalue weighted by atomic mass is 35.5. The molecule has 0 aliphatic carbocycles. The van der Waals surface area contributed by atoms with Crippen molar-refractivity contribution in [3.8, 4) is 0 Å². The molecular weight excluding hydrogens is 371 g/mol. The van der Waals surface area contributed by atoms with E-state index in [1.54, 1.807) is 22.5 Å². The molecule has 0 atom stereocenters. The maximum Gasteiger partial charge on any atom is 0.224 e. The van der Waals surface area contributed by atoms with Crippen LogP contribution in [-0.2, 0) is 14.8 Å². The van der Waals surface area contributed by atoms with Gasteiger partial charge in [-0.1, -0.05) is 35.7 Å². The summed E-state index contributed by atoms with van der Waals surface area (Å²) >= 11 is 11.9. The van der Waals surface area contributed by atoms with Crippen LogP contribution in [0.15, 0.2) is 18.2 Å². The number of hydrogen-bond donors (Lipinski definition) is 1. The van der Waals surface area contributed by atoms with Gasteiger partial charge in [0.05, 0.1) is 21.5 Å². The molecule has 24 heavy (non-hydrogen) atoms. The van der Waals surface area contributed by atoms with Gasteiger partial charge in [-0.25, -0.2) is 12.7 Å². The summed E-state index contributed by atoms with van der Waals surface area (Å²) in [5.41, 5.74) is 0.468. The fourth-order valence-electron chi connectivity index (χ4n) is 2.66. The fraction of sp³-hybridized carbons (Fsp3) is 0.562. The number of halogens is 2. The molecule has 1 N–H and O–H groups in total. The molecule has 2 rings (SSSR count). The number of unbranched alkanes of at least 4 members (excludes halogenated alkanes) is 1. The van der Waals surface area contributed by atoms with Crippen molar-refractivity contribution >= 4 is 44.8 Å². The Kier molecular flexibility index (Phi) is 7.34. The molecule has 1 saturated heterocycles. The number of nitrogens with zero attached hydrogens (tertiary/aromatic N) is 1. The highest BCUT2D eigenvalue weighted by molar-refractivity contribution is 7.89. The Balaban J connectivity index is 1.73. The van der Waals surface area contributed by atoms with Crippen LogP contribution in [0.1, 0.15) is 38.5 Å². The molecule has 1 aromatic rings. The van der Waals surface area contributed by atoms with E-state index < -0.39 is 10.0 Å². The Morgan fingerprint density at radius 2 is 1.83 bits per heavy atom. The van der Waals surface area contributed by atoms with Crippen LogP contribution in [0.4, 0.5) is 5.69 Å². The van der Waals surface area contributed by atoms with E-state index in [-0.39, 0.29) is 18.1 Å². The van der Waals surface area contributed by atoms with Crippen molar-refractivity contribution in [3.05, 3.63) is 28.2 Å². The van der Waals surface area contributed by atoms with Crippen LogP contribution in [0.2, 0.25) is 10.0 Å². The minimum Gasteiger partial charge on any atom is -0.325 e. The quantitative estimate of drug-likeness (QED) is 0.714. The molecule has 0 unspecified atom stereocenters. The molecule has 8 heteroatoms. The highest BCUT2D eigenvalue weighted by Gasteiger charge is 2.23. The Morgan fingerprint density at radius 1 is 1.12 bits per heavy atom. The summed E-state index contributed by atoms with van der Waals surface area (Å²) in [5, 5.41) is 3.38. The molecular formula is C16H22Cl2N2O3S. The topological polar surface area (TPSA) is 66.5 Å². The molecule has 1 heterocycles. The van der Waals surface area contributed by atoms with E-state index in [0.717, 1.165) is 19.3 Å². The number of piperidine rings is 1. The number of hydrogen-bond acceptors (Lipinski definition) is 3. The number of nitrogens with one attached hydrogen (secondary N) is 1. The lowest BCUT2D eigenvalue weighted by atomic mass is 10.2. The zero-order valence-electron chi connectivity index (χ0n) is 13.4. The van der Waals surface area contributed by atoms with Crippen molar-refractivity contribution in [2.75, 3.05) is 24.2 Å². The molecule has 0 radical (unpaired) electrons. The second-order valence-corrected chi connectivity index (χ2v) is 8.76. The molecule has 1 aromatic carbocycles. The first-order chi connectivity index (χ1) is 11.4. The Bertz CT molecular complexity index is 674. The molecule has 0 spiro atoms. The predicted octanol–water partition coefficient (Wildman–Crippen LogP) is 3.92. The van der Waals surface area contributed by atoms with Crippen LogP contribution in [-0.4, -0.2) is 37.5 Å². The lowest BCUT2D eigenvalue weighted by Crippen LogP contribution is -2.37. The molecule has 0 bridgehead atoms. The lowest BCUT2D eigenvalue weighted by Gasteiger charge is -2.25. The number of carbonyl (C=O) groups excluding carboxylic acids is 1. The lowest BCUT2D eigenvalue weighted by molar-refractivity contribution is -0.116. The highest BCUT2D eigenvalue weighted by Crippen LogP contribution is 2.29. The van der Waals surface area contributed by atoms with Gasteiger partial charge in [-0.05, 0) is 37.8 Å². The van der Waals surface area contributed by atoms with Crippen LogP contribution >= 0.6 is 23.2 Å². The van der Waals surface area contributed by atoms with Gasteiger partial charge < -0.3 is 5.32 Å². The number of amides is 1. The average molecular weight is 393 g/mol. The Morgan fingerprint density at radius 3 is 2.54 bits per heavy atom. The number of sulfonamides is 1. The first kappa shape index (κ1) is 19.5. The summed E-state index contributed by atoms with van der Waals surface area (Å²) in [6.45, 7) is 1.24. The van der Waals surface area contributed by atoms with E-state index in [4.69, 9.17) is 23.2 Å². The van der Waals surface area contributed by atoms with Crippen molar-refractivity contribution in [2.45, 2.75) is 38.5 Å². The van der Waals surface area contributed by atoms with E-state index in [1.807, 2.05) is 0 Å². The Hall–Kier alpha value is -0.820. The number of anilines is 1. The average Bonchev–Trinajstić information content (AvgIpc) is 2.57. The van der Waals surface area contributed by atoms with Crippen LogP contribution in [0.5, 0.6) is 0 Å². The summed E-state index contributed by atoms with van der Waals surface area (Å²) in [5.74, 6) is -0.104. The summed E-state index contributed by atoms with van der Waals surface area (Å²) in [4.78, 5) is 11.9. The molecule has 1 aliphatic heterocycles. The van der Waals surface area contributed by atoms with Crippen molar-refractivity contribution in [2.24, 2.45) is 0 Å². The third-order valence-corrected chi connectivity index (χ3v) is 6.77. The normalized spacial score (nSPS) is 16.1. The van der Waals surface area contributed by atoms with Gasteiger partial charge in [0.25, 0.3) is 0 Å². The molecule has 1 fully saturated rings. The summed E-state index contributed by atoms with van der Waals surface area (Å²) < 4.78 is 26.0. The zero-order valence-corrected chi connectivity index (χ0v) is 15.8. The Labute approximate surface area is 153 Å². The van der Waals surface area contributed by atoms with Crippen molar-refractivity contribution in [3.63, 3.8) is 0 Å². The minimum atomic E-state index is -3.19. The second kappa shape index (κ2) is 9.04. The molecule has 134 valence electrons. The van der Waals surface area contributed by atoms with E-state index in [0.29, 0.717) is 41.7 Å². The van der Waals surface area contributed by atoms with Gasteiger partial charge in [-0.2, -0.15) is 0 Å². The standard InChI is InChI=1S/C16H22Cl2N2O3S/c17-13-7-6-8-14(16(13)18)19-15(21)9-2-5-12-24(22,23)20-10-3-1-4-11-20/h6-8H,1-5,9-12H2,(H,19,21). The number of carbonyl (C=O) groups is 1. The van der Waals surface area contributed by atoms with Crippen molar-refractivity contribution in [1.82, 2.24) is 4.31 Å². The van der Waals surface area contributed by atoms with Crippen LogP contribution in [0.3, 0.4) is 0 Å². The van der Waals surface area contributed by atoms with Gasteiger partial charge in [0.1, 0.15) is 0 Å². The minimum absolute atomic E-state index is 0.0954. The number of rotatable bonds is 7. The largest absolute Gasteiger partial charge is 0.325 e. The van der Waals surface area contributed by atoms with Gasteiger partial charge in [-0.15, -0.1) is 0 Å². The third-order valence-electron chi connectivity index (χ3n) is 3.99. The first-order valence-corrected chi connectivity index (χ1v) is 10.5. The molecule has 1 aliphatic rings. The molecule has 0 aromatic heterocycles. The SMILES string of the molecule is O=C(CCCCS(=O)(=O)N1CCCCC1)Nc1cccc(Cl)c1Cl. The number of benzene rings is 1. The molecule has 5 nitrogen and oxygen atoms in total. The summed E-state index contributed by atoms with van der Waals surface area (Å²) in [6.07, 6.45) is 4.19. The van der Waals surface area contributed by atoms with Gasteiger partial charge in [0, 0.05) is 19.5 Å². The second-order valence-electron chi connectivity index (χ2n) is 5.88. The monoisotopic (exact) mass is 392 g/mol. The molecule has 1 amide bonds. The van der Waals surface area contributed by atoms with Crippen molar-refractivity contribution in [1.29, 1.82) is 0 Å². The van der Waals surface area contributed by atoms with E-state index in [2.05, 4.69) is 5.32 Å². The van der Waals surface area contributed by atoms with E-state index in [9.17, 15) is 13.2 Å². The summed E-state index contributed by atoms with van der Waals surface area (Å²) in [6, 6.07) is 5.02. The van der Waals surface area contributed by atoms with Crippen LogP contribution < -0.4 is 5.32 Å². The van der Waals surface area contributed by atoms with Crippen LogP contribution in [0.25, 0.3) is 0 Å². The van der Waals surface area contributed by atoms with Gasteiger partial charge >= 0.3 is 0 Å². The van der Waals surface area contributed by atoms with Crippen LogP contribution in [0, 0.1) is 0 Å². The van der Waals surface area contributed by atoms with Gasteiger partial charge in [-0.3, -0.25) is 4.79 Å². The third kappa shape index (κ3) is 5.62. The summed E-state index contributed by atoms with van der Waals surface area (Å²) in [7, 11) is -3.19. The molecule has 0 saturated carbocycles. The van der Waals surface area contributed by atoms with E-state index >= 15 is 0 Å². The first-order valence-electron chi connectivity index (χ1n) is 8.12. The maximum atomic E-state index is 12.2. The zero-order chi connectivity index (χ0) is 17.6. The smallest absolute Gasteiger partial charge is 0.224 e. The van der Waals surface area contributed by atoms with Crippen molar-refractivity contribution < 1.29 is 13.2 Å². The predicted molar refractivity (Wildman–Crippen MR) is 98.2 cm³/mol. The fourth-order valence-corrected chi connectivity index (χ4v) is 4.64. The van der Waals surface area contributed by atoms with Gasteiger partial charge in [0.2, 0.25) is 15.9 Å².